The monoisotopic (exact) mass is 280 g/mol. The van der Waals surface area contributed by atoms with Gasteiger partial charge in [-0.05, 0) is 19.8 Å². The first-order valence-corrected chi connectivity index (χ1v) is 6.98. The molecule has 0 atom stereocenters. The molecule has 1 heterocycles. The molecule has 0 radical (unpaired) electrons. The van der Waals surface area contributed by atoms with Crippen LogP contribution in [0.4, 0.5) is 10.6 Å². The van der Waals surface area contributed by atoms with Gasteiger partial charge in [-0.1, -0.05) is 19.3 Å². The van der Waals surface area contributed by atoms with E-state index in [4.69, 9.17) is 4.74 Å². The summed E-state index contributed by atoms with van der Waals surface area (Å²) in [5.74, 6) is -0.244. The van der Waals surface area contributed by atoms with Gasteiger partial charge in [0.1, 0.15) is 11.4 Å². The number of esters is 1. The number of nitrogens with one attached hydrogen (secondary N) is 3. The van der Waals surface area contributed by atoms with E-state index in [0.29, 0.717) is 0 Å². The van der Waals surface area contributed by atoms with E-state index >= 15 is 0 Å². The molecule has 2 rings (SSSR count). The normalized spacial score (nSPS) is 15.7. The Balaban J connectivity index is 1.90. The van der Waals surface area contributed by atoms with E-state index < -0.39 is 5.97 Å². The smallest absolute Gasteiger partial charge is 0.343 e. The predicted molar refractivity (Wildman–Crippen MR) is 73.6 cm³/mol. The number of H-pyrrole nitrogens is 1. The van der Waals surface area contributed by atoms with Crippen molar-refractivity contribution in [2.75, 3.05) is 11.9 Å². The van der Waals surface area contributed by atoms with Crippen LogP contribution in [0.3, 0.4) is 0 Å². The van der Waals surface area contributed by atoms with Gasteiger partial charge in [-0.3, -0.25) is 10.4 Å². The summed E-state index contributed by atoms with van der Waals surface area (Å²) in [6.07, 6.45) is 6.86. The van der Waals surface area contributed by atoms with Crippen molar-refractivity contribution < 1.29 is 14.3 Å². The summed E-state index contributed by atoms with van der Waals surface area (Å²) in [5, 5.41) is 11.9. The van der Waals surface area contributed by atoms with Crippen molar-refractivity contribution in [1.29, 1.82) is 0 Å². The van der Waals surface area contributed by atoms with E-state index in [2.05, 4.69) is 20.8 Å². The summed E-state index contributed by atoms with van der Waals surface area (Å²) in [6.45, 7) is 2.00. The topological polar surface area (TPSA) is 96.1 Å². The molecule has 20 heavy (non-hydrogen) atoms. The molecule has 1 aliphatic carbocycles. The fraction of sp³-hybridized carbons (Fsp3) is 0.615. The third kappa shape index (κ3) is 3.72. The van der Waals surface area contributed by atoms with Crippen molar-refractivity contribution in [2.45, 2.75) is 45.1 Å². The number of amides is 2. The van der Waals surface area contributed by atoms with Crippen LogP contribution in [0.5, 0.6) is 0 Å². The van der Waals surface area contributed by atoms with Crippen molar-refractivity contribution in [3.8, 4) is 0 Å². The van der Waals surface area contributed by atoms with Crippen LogP contribution in [0.15, 0.2) is 6.20 Å². The van der Waals surface area contributed by atoms with Crippen LogP contribution in [0, 0.1) is 0 Å². The van der Waals surface area contributed by atoms with Crippen molar-refractivity contribution in [3.05, 3.63) is 11.8 Å². The molecular formula is C13H20N4O3. The van der Waals surface area contributed by atoms with E-state index in [0.717, 1.165) is 25.7 Å². The zero-order valence-corrected chi connectivity index (χ0v) is 11.6. The number of urea groups is 1. The molecule has 0 saturated heterocycles. The van der Waals surface area contributed by atoms with Crippen LogP contribution in [0.2, 0.25) is 0 Å². The first kappa shape index (κ1) is 14.4. The Morgan fingerprint density at radius 1 is 1.40 bits per heavy atom. The lowest BCUT2D eigenvalue weighted by Crippen LogP contribution is -2.39. The molecule has 1 aliphatic rings. The second-order valence-electron chi connectivity index (χ2n) is 4.81. The quantitative estimate of drug-likeness (QED) is 0.735. The molecule has 0 aliphatic heterocycles. The lowest BCUT2D eigenvalue weighted by molar-refractivity contribution is 0.0527. The van der Waals surface area contributed by atoms with Crippen molar-refractivity contribution >= 4 is 17.8 Å². The number of ether oxygens (including phenoxy) is 1. The molecule has 0 unspecified atom stereocenters. The largest absolute Gasteiger partial charge is 0.462 e. The van der Waals surface area contributed by atoms with Gasteiger partial charge in [0.05, 0.1) is 12.8 Å². The molecule has 1 aromatic heterocycles. The predicted octanol–water partition coefficient (Wildman–Crippen LogP) is 2.04. The molecule has 1 fully saturated rings. The molecule has 0 bridgehead atoms. The minimum Gasteiger partial charge on any atom is -0.462 e. The summed E-state index contributed by atoms with van der Waals surface area (Å²) < 4.78 is 4.89. The summed E-state index contributed by atoms with van der Waals surface area (Å²) in [4.78, 5) is 23.5. The minimum atomic E-state index is -0.505. The van der Waals surface area contributed by atoms with Crippen LogP contribution < -0.4 is 10.6 Å². The number of hydrogen-bond donors (Lipinski definition) is 3. The van der Waals surface area contributed by atoms with Crippen LogP contribution in [-0.4, -0.2) is 34.8 Å². The van der Waals surface area contributed by atoms with Gasteiger partial charge >= 0.3 is 12.0 Å². The minimum absolute atomic E-state index is 0.206. The Kier molecular flexibility index (Phi) is 4.97. The zero-order valence-electron chi connectivity index (χ0n) is 11.6. The lowest BCUT2D eigenvalue weighted by Gasteiger charge is -2.22. The van der Waals surface area contributed by atoms with Crippen molar-refractivity contribution in [1.82, 2.24) is 15.5 Å². The molecular weight excluding hydrogens is 260 g/mol. The van der Waals surface area contributed by atoms with Crippen LogP contribution in [0.25, 0.3) is 0 Å². The van der Waals surface area contributed by atoms with Gasteiger partial charge in [-0.15, -0.1) is 0 Å². The standard InChI is InChI=1S/C13H20N4O3/c1-2-20-12(18)10-8-14-17-11(10)16-13(19)15-9-6-4-3-5-7-9/h8-9H,2-7H2,1H3,(H3,14,15,16,17,19). The summed E-state index contributed by atoms with van der Waals surface area (Å²) >= 11 is 0. The number of carbonyl (C=O) groups is 2. The van der Waals surface area contributed by atoms with Gasteiger partial charge in [0.2, 0.25) is 0 Å². The lowest BCUT2D eigenvalue weighted by atomic mass is 9.96. The van der Waals surface area contributed by atoms with E-state index in [1.807, 2.05) is 0 Å². The first-order valence-electron chi connectivity index (χ1n) is 6.98. The van der Waals surface area contributed by atoms with E-state index in [1.54, 1.807) is 6.92 Å². The highest BCUT2D eigenvalue weighted by atomic mass is 16.5. The summed E-state index contributed by atoms with van der Waals surface area (Å²) in [7, 11) is 0. The number of hydrogen-bond acceptors (Lipinski definition) is 4. The Morgan fingerprint density at radius 3 is 2.85 bits per heavy atom. The summed E-state index contributed by atoms with van der Waals surface area (Å²) in [6, 6.07) is -0.121. The van der Waals surface area contributed by atoms with Crippen LogP contribution in [-0.2, 0) is 4.74 Å². The molecule has 3 N–H and O–H groups in total. The molecule has 7 heteroatoms. The third-order valence-corrected chi connectivity index (χ3v) is 3.31. The van der Waals surface area contributed by atoms with Gasteiger partial charge in [0, 0.05) is 6.04 Å². The second-order valence-corrected chi connectivity index (χ2v) is 4.81. The number of aromatic nitrogens is 2. The maximum atomic E-state index is 11.9. The highest BCUT2D eigenvalue weighted by Crippen LogP contribution is 2.18. The van der Waals surface area contributed by atoms with Gasteiger partial charge < -0.3 is 10.1 Å². The summed E-state index contributed by atoms with van der Waals surface area (Å²) in [5.41, 5.74) is 0.227. The number of nitrogens with zero attached hydrogens (tertiary/aromatic N) is 1. The Bertz CT molecular complexity index is 466. The fourth-order valence-corrected chi connectivity index (χ4v) is 2.33. The molecule has 7 nitrogen and oxygen atoms in total. The Morgan fingerprint density at radius 2 is 2.15 bits per heavy atom. The molecule has 110 valence electrons. The highest BCUT2D eigenvalue weighted by molar-refractivity contribution is 5.99. The van der Waals surface area contributed by atoms with E-state index in [9.17, 15) is 9.59 Å². The highest BCUT2D eigenvalue weighted by Gasteiger charge is 2.19. The van der Waals surface area contributed by atoms with Gasteiger partial charge in [-0.25, -0.2) is 9.59 Å². The molecule has 1 aromatic rings. The molecule has 1 saturated carbocycles. The molecule has 0 aromatic carbocycles. The van der Waals surface area contributed by atoms with Gasteiger partial charge in [0.25, 0.3) is 0 Å². The maximum Gasteiger partial charge on any atom is 0.343 e. The number of rotatable bonds is 4. The average molecular weight is 280 g/mol. The van der Waals surface area contributed by atoms with Crippen molar-refractivity contribution in [2.24, 2.45) is 0 Å². The third-order valence-electron chi connectivity index (χ3n) is 3.31. The Hall–Kier alpha value is -2.05. The average Bonchev–Trinajstić information content (AvgIpc) is 2.88. The molecule has 0 spiro atoms. The van der Waals surface area contributed by atoms with Crippen LogP contribution >= 0.6 is 0 Å². The number of aromatic amines is 1. The van der Waals surface area contributed by atoms with E-state index in [1.165, 1.54) is 12.6 Å². The Labute approximate surface area is 117 Å². The van der Waals surface area contributed by atoms with Crippen LogP contribution in [0.1, 0.15) is 49.4 Å². The second kappa shape index (κ2) is 6.93. The maximum absolute atomic E-state index is 11.9. The SMILES string of the molecule is CCOC(=O)c1cn[nH]c1NC(=O)NC1CCCCC1. The first-order chi connectivity index (χ1) is 9.70. The number of carbonyl (C=O) groups excluding carboxylic acids is 2. The zero-order chi connectivity index (χ0) is 14.4. The van der Waals surface area contributed by atoms with Gasteiger partial charge in [-0.2, -0.15) is 5.10 Å². The van der Waals surface area contributed by atoms with E-state index in [-0.39, 0.29) is 30.1 Å². The fourth-order valence-electron chi connectivity index (χ4n) is 2.33. The van der Waals surface area contributed by atoms with Crippen molar-refractivity contribution in [3.63, 3.8) is 0 Å². The molecule has 2 amide bonds. The van der Waals surface area contributed by atoms with Gasteiger partial charge in [0.15, 0.2) is 0 Å². The number of anilines is 1.